The standard InChI is InChI=1S/C21H15Cl2FN6O3/c22-16-11-29(10-15-3-1-2-4-18(15)24)26-19(16)25-21(31)14-7-5-13(6-8-14)9-28-12-17(23)20(27-28)30(32)33/h1-8,11-12H,9-10H2,(H,25,26,31). The minimum absolute atomic E-state index is 0.0534. The van der Waals surface area contributed by atoms with E-state index >= 15 is 0 Å². The zero-order valence-corrected chi connectivity index (χ0v) is 18.3. The highest BCUT2D eigenvalue weighted by Crippen LogP contribution is 2.23. The smallest absolute Gasteiger partial charge is 0.358 e. The number of anilines is 1. The molecule has 0 fully saturated rings. The first kappa shape index (κ1) is 22.4. The number of benzene rings is 2. The summed E-state index contributed by atoms with van der Waals surface area (Å²) in [4.78, 5) is 22.8. The third-order valence-corrected chi connectivity index (χ3v) is 5.22. The molecule has 0 saturated carbocycles. The molecule has 2 heterocycles. The van der Waals surface area contributed by atoms with Crippen molar-refractivity contribution in [1.29, 1.82) is 0 Å². The Bertz CT molecular complexity index is 1340. The number of carbonyl (C=O) groups excluding carboxylic acids is 1. The number of aromatic nitrogens is 4. The van der Waals surface area contributed by atoms with Gasteiger partial charge in [0, 0.05) is 17.3 Å². The highest BCUT2D eigenvalue weighted by molar-refractivity contribution is 6.33. The van der Waals surface area contributed by atoms with Gasteiger partial charge in [-0.25, -0.2) is 4.39 Å². The molecule has 0 atom stereocenters. The maximum Gasteiger partial charge on any atom is 0.408 e. The molecule has 1 N–H and O–H groups in total. The van der Waals surface area contributed by atoms with E-state index in [1.165, 1.54) is 27.8 Å². The monoisotopic (exact) mass is 488 g/mol. The van der Waals surface area contributed by atoms with Crippen LogP contribution in [0.2, 0.25) is 10.0 Å². The van der Waals surface area contributed by atoms with Crippen molar-refractivity contribution < 1.29 is 14.1 Å². The predicted molar refractivity (Wildman–Crippen MR) is 120 cm³/mol. The summed E-state index contributed by atoms with van der Waals surface area (Å²) in [6.07, 6.45) is 2.86. The highest BCUT2D eigenvalue weighted by Gasteiger charge is 2.19. The zero-order chi connectivity index (χ0) is 23.5. The number of rotatable bonds is 7. The molecular weight excluding hydrogens is 474 g/mol. The van der Waals surface area contributed by atoms with Crippen LogP contribution in [0.25, 0.3) is 0 Å². The summed E-state index contributed by atoms with van der Waals surface area (Å²) in [6, 6.07) is 12.9. The van der Waals surface area contributed by atoms with E-state index in [0.717, 1.165) is 5.56 Å². The first-order chi connectivity index (χ1) is 15.8. The summed E-state index contributed by atoms with van der Waals surface area (Å²) >= 11 is 12.0. The first-order valence-electron chi connectivity index (χ1n) is 9.54. The number of hydrogen-bond donors (Lipinski definition) is 1. The molecule has 0 saturated heterocycles. The molecule has 4 aromatic rings. The first-order valence-corrected chi connectivity index (χ1v) is 10.3. The molecule has 0 spiro atoms. The maximum atomic E-state index is 13.9. The van der Waals surface area contributed by atoms with Crippen LogP contribution in [0.3, 0.4) is 0 Å². The van der Waals surface area contributed by atoms with Gasteiger partial charge in [-0.3, -0.25) is 9.48 Å². The second-order valence-electron chi connectivity index (χ2n) is 7.02. The SMILES string of the molecule is O=C(Nc1nn(Cc2ccccc2F)cc1Cl)c1ccc(Cn2cc(Cl)c([N+](=O)[O-])n2)cc1. The lowest BCUT2D eigenvalue weighted by Gasteiger charge is -2.05. The third-order valence-electron chi connectivity index (χ3n) is 4.67. The molecule has 0 bridgehead atoms. The third kappa shape index (κ3) is 5.18. The van der Waals surface area contributed by atoms with E-state index in [-0.39, 0.29) is 34.8 Å². The average molecular weight is 489 g/mol. The Kier molecular flexibility index (Phi) is 6.38. The minimum Gasteiger partial charge on any atom is -0.358 e. The number of nitrogens with zero attached hydrogens (tertiary/aromatic N) is 5. The van der Waals surface area contributed by atoms with Crippen molar-refractivity contribution in [2.45, 2.75) is 13.1 Å². The Morgan fingerprint density at radius 2 is 1.67 bits per heavy atom. The molecule has 168 valence electrons. The molecule has 2 aromatic carbocycles. The summed E-state index contributed by atoms with van der Waals surface area (Å²) in [5.41, 5.74) is 1.55. The molecule has 12 heteroatoms. The van der Waals surface area contributed by atoms with E-state index in [4.69, 9.17) is 23.2 Å². The van der Waals surface area contributed by atoms with Crippen LogP contribution in [-0.4, -0.2) is 30.4 Å². The Balaban J connectivity index is 1.42. The molecular formula is C21H15Cl2FN6O3. The van der Waals surface area contributed by atoms with Gasteiger partial charge >= 0.3 is 5.82 Å². The average Bonchev–Trinajstić information content (AvgIpc) is 3.31. The molecule has 2 aromatic heterocycles. The summed E-state index contributed by atoms with van der Waals surface area (Å²) in [7, 11) is 0. The van der Waals surface area contributed by atoms with Crippen molar-refractivity contribution in [2.24, 2.45) is 0 Å². The molecule has 4 rings (SSSR count). The number of carbonyl (C=O) groups is 1. The lowest BCUT2D eigenvalue weighted by molar-refractivity contribution is -0.389. The Hall–Kier alpha value is -3.76. The molecule has 33 heavy (non-hydrogen) atoms. The molecule has 0 aliphatic rings. The van der Waals surface area contributed by atoms with Crippen molar-refractivity contribution in [1.82, 2.24) is 19.6 Å². The largest absolute Gasteiger partial charge is 0.408 e. The van der Waals surface area contributed by atoms with Gasteiger partial charge in [0.05, 0.1) is 24.4 Å². The van der Waals surface area contributed by atoms with Crippen LogP contribution in [0.15, 0.2) is 60.9 Å². The van der Waals surface area contributed by atoms with Crippen LogP contribution in [0.5, 0.6) is 0 Å². The van der Waals surface area contributed by atoms with Gasteiger partial charge in [-0.15, -0.1) is 0 Å². The van der Waals surface area contributed by atoms with Gasteiger partial charge in [0.25, 0.3) is 5.91 Å². The molecule has 0 radical (unpaired) electrons. The Morgan fingerprint density at radius 3 is 2.33 bits per heavy atom. The summed E-state index contributed by atoms with van der Waals surface area (Å²) in [6.45, 7) is 0.397. The molecule has 0 aliphatic heterocycles. The van der Waals surface area contributed by atoms with E-state index in [1.807, 2.05) is 0 Å². The highest BCUT2D eigenvalue weighted by atomic mass is 35.5. The number of halogens is 3. The normalized spacial score (nSPS) is 10.9. The van der Waals surface area contributed by atoms with Crippen LogP contribution in [-0.2, 0) is 13.1 Å². The van der Waals surface area contributed by atoms with E-state index in [9.17, 15) is 19.3 Å². The lowest BCUT2D eigenvalue weighted by Crippen LogP contribution is -2.13. The molecule has 0 aliphatic carbocycles. The number of nitro groups is 1. The van der Waals surface area contributed by atoms with Gasteiger partial charge in [-0.05, 0) is 28.7 Å². The molecule has 1 amide bonds. The van der Waals surface area contributed by atoms with E-state index in [0.29, 0.717) is 11.1 Å². The van der Waals surface area contributed by atoms with Crippen LogP contribution in [0.1, 0.15) is 21.5 Å². The maximum absolute atomic E-state index is 13.9. The van der Waals surface area contributed by atoms with Crippen LogP contribution in [0, 0.1) is 15.9 Å². The van der Waals surface area contributed by atoms with Crippen LogP contribution in [0.4, 0.5) is 16.0 Å². The van der Waals surface area contributed by atoms with E-state index in [2.05, 4.69) is 15.5 Å². The van der Waals surface area contributed by atoms with Gasteiger partial charge in [0.1, 0.15) is 10.8 Å². The van der Waals surface area contributed by atoms with Crippen molar-refractivity contribution in [3.63, 3.8) is 0 Å². The molecule has 9 nitrogen and oxygen atoms in total. The second kappa shape index (κ2) is 9.39. The summed E-state index contributed by atoms with van der Waals surface area (Å²) in [5, 5.41) is 21.7. The predicted octanol–water partition coefficient (Wildman–Crippen LogP) is 4.78. The Labute approximate surface area is 196 Å². The van der Waals surface area contributed by atoms with Gasteiger partial charge in [0.15, 0.2) is 10.8 Å². The van der Waals surface area contributed by atoms with Gasteiger partial charge in [-0.1, -0.05) is 53.5 Å². The second-order valence-corrected chi connectivity index (χ2v) is 7.84. The fraction of sp³-hybridized carbons (Fsp3) is 0.0952. The topological polar surface area (TPSA) is 108 Å². The number of nitrogens with one attached hydrogen (secondary N) is 1. The van der Waals surface area contributed by atoms with Crippen molar-refractivity contribution in [3.05, 3.63) is 104 Å². The van der Waals surface area contributed by atoms with Crippen molar-refractivity contribution in [2.75, 3.05) is 5.32 Å². The fourth-order valence-electron chi connectivity index (χ4n) is 3.08. The van der Waals surface area contributed by atoms with E-state index in [1.54, 1.807) is 42.5 Å². The van der Waals surface area contributed by atoms with Gasteiger partial charge in [0.2, 0.25) is 0 Å². The zero-order valence-electron chi connectivity index (χ0n) is 16.8. The summed E-state index contributed by atoms with van der Waals surface area (Å²) < 4.78 is 16.6. The number of amides is 1. The van der Waals surface area contributed by atoms with Crippen molar-refractivity contribution in [3.8, 4) is 0 Å². The number of hydrogen-bond acceptors (Lipinski definition) is 5. The quantitative estimate of drug-likeness (QED) is 0.297. The minimum atomic E-state index is -0.658. The van der Waals surface area contributed by atoms with Gasteiger partial charge < -0.3 is 15.4 Å². The fourth-order valence-corrected chi connectivity index (χ4v) is 3.50. The van der Waals surface area contributed by atoms with Crippen LogP contribution >= 0.6 is 23.2 Å². The van der Waals surface area contributed by atoms with Crippen molar-refractivity contribution >= 4 is 40.7 Å². The Morgan fingerprint density at radius 1 is 1.00 bits per heavy atom. The summed E-state index contributed by atoms with van der Waals surface area (Å²) in [5.74, 6) is -1.06. The van der Waals surface area contributed by atoms with E-state index < -0.39 is 16.6 Å². The van der Waals surface area contributed by atoms with Gasteiger partial charge in [-0.2, -0.15) is 9.78 Å². The molecule has 0 unspecified atom stereocenters. The lowest BCUT2D eigenvalue weighted by atomic mass is 10.1. The van der Waals surface area contributed by atoms with Crippen LogP contribution < -0.4 is 5.32 Å².